The molecule has 0 saturated heterocycles. The quantitative estimate of drug-likeness (QED) is 0.226. The Balaban J connectivity index is 1.83. The van der Waals surface area contributed by atoms with E-state index in [-0.39, 0.29) is 30.6 Å². The van der Waals surface area contributed by atoms with E-state index in [4.69, 9.17) is 37.7 Å². The normalized spacial score (nSPS) is 16.4. The van der Waals surface area contributed by atoms with Gasteiger partial charge in [0, 0.05) is 29.2 Å². The highest BCUT2D eigenvalue weighted by Gasteiger charge is 2.40. The number of amidine groups is 1. The monoisotopic (exact) mass is 582 g/mol. The number of aliphatic imine (C=N–C) groups is 1. The highest BCUT2D eigenvalue weighted by molar-refractivity contribution is 6.30. The van der Waals surface area contributed by atoms with E-state index in [2.05, 4.69) is 10.6 Å². The van der Waals surface area contributed by atoms with Crippen molar-refractivity contribution in [2.75, 3.05) is 26.7 Å². The van der Waals surface area contributed by atoms with Crippen molar-refractivity contribution in [3.8, 4) is 11.5 Å². The van der Waals surface area contributed by atoms with Crippen LogP contribution in [-0.4, -0.2) is 55.9 Å². The number of halogens is 2. The maximum atomic E-state index is 13.2. The molecule has 1 aliphatic heterocycles. The number of benzene rings is 3. The summed E-state index contributed by atoms with van der Waals surface area (Å²) < 4.78 is 11.7. The Kier molecular flexibility index (Phi) is 9.90. The van der Waals surface area contributed by atoms with E-state index in [1.54, 1.807) is 7.11 Å². The lowest BCUT2D eigenvalue weighted by molar-refractivity contribution is -0.122. The van der Waals surface area contributed by atoms with Gasteiger partial charge in [-0.05, 0) is 61.4 Å². The molecule has 0 fully saturated rings. The molecule has 0 bridgehead atoms. The summed E-state index contributed by atoms with van der Waals surface area (Å²) in [4.78, 5) is 31.0. The lowest BCUT2D eigenvalue weighted by atomic mass is 9.93. The smallest absolute Gasteiger partial charge is 0.239 e. The van der Waals surface area contributed by atoms with Gasteiger partial charge < -0.3 is 25.0 Å². The number of hydrogen-bond donors (Lipinski definition) is 2. The summed E-state index contributed by atoms with van der Waals surface area (Å²) in [6, 6.07) is 20.0. The number of ether oxygens (including phenoxy) is 2. The summed E-state index contributed by atoms with van der Waals surface area (Å²) in [5.41, 5.74) is 2.62. The van der Waals surface area contributed by atoms with Gasteiger partial charge in [-0.25, -0.2) is 0 Å². The highest BCUT2D eigenvalue weighted by atomic mass is 35.5. The molecule has 210 valence electrons. The van der Waals surface area contributed by atoms with Crippen molar-refractivity contribution in [1.82, 2.24) is 15.5 Å². The number of carbonyl (C=O) groups is 2. The molecular weight excluding hydrogens is 551 g/mol. The predicted molar refractivity (Wildman–Crippen MR) is 157 cm³/mol. The Morgan fingerprint density at radius 3 is 2.25 bits per heavy atom. The molecule has 2 unspecified atom stereocenters. The first-order valence-electron chi connectivity index (χ1n) is 12.9. The minimum Gasteiger partial charge on any atom is -0.497 e. The van der Waals surface area contributed by atoms with E-state index in [0.29, 0.717) is 46.9 Å². The zero-order valence-electron chi connectivity index (χ0n) is 22.6. The SMILES string of the molecule is COc1ccc(C2=NC(c3ccc(Cl)cc3)C(c3ccc(Cl)cc3)N2CC(=O)NCCNC=O)c(OC(C)C)c1. The van der Waals surface area contributed by atoms with Crippen LogP contribution in [0.3, 0.4) is 0 Å². The number of carbonyl (C=O) groups excluding carboxylic acids is 2. The first kappa shape index (κ1) is 29.2. The Labute approximate surface area is 244 Å². The lowest BCUT2D eigenvalue weighted by Crippen LogP contribution is -2.42. The van der Waals surface area contributed by atoms with Crippen molar-refractivity contribution in [2.24, 2.45) is 4.99 Å². The van der Waals surface area contributed by atoms with Gasteiger partial charge in [-0.3, -0.25) is 14.6 Å². The molecule has 4 rings (SSSR count). The van der Waals surface area contributed by atoms with E-state index >= 15 is 0 Å². The number of nitrogens with zero attached hydrogens (tertiary/aromatic N) is 2. The van der Waals surface area contributed by atoms with Crippen LogP contribution in [0.25, 0.3) is 0 Å². The van der Waals surface area contributed by atoms with Crippen LogP contribution in [0.2, 0.25) is 10.0 Å². The summed E-state index contributed by atoms with van der Waals surface area (Å²) >= 11 is 12.4. The molecule has 0 aromatic heterocycles. The molecule has 1 aliphatic rings. The second-order valence-corrected chi connectivity index (χ2v) is 10.4. The number of methoxy groups -OCH3 is 1. The first-order chi connectivity index (χ1) is 19.3. The van der Waals surface area contributed by atoms with Gasteiger partial charge in [0.2, 0.25) is 12.3 Å². The number of amides is 2. The Morgan fingerprint density at radius 2 is 1.65 bits per heavy atom. The van der Waals surface area contributed by atoms with Crippen molar-refractivity contribution in [3.05, 3.63) is 93.5 Å². The van der Waals surface area contributed by atoms with Crippen molar-refractivity contribution >= 4 is 41.4 Å². The van der Waals surface area contributed by atoms with Crippen molar-refractivity contribution < 1.29 is 19.1 Å². The Bertz CT molecular complexity index is 1350. The van der Waals surface area contributed by atoms with E-state index in [0.717, 1.165) is 16.7 Å². The molecule has 0 spiro atoms. The van der Waals surface area contributed by atoms with Gasteiger partial charge in [0.1, 0.15) is 23.4 Å². The van der Waals surface area contributed by atoms with E-state index < -0.39 is 0 Å². The average molecular weight is 584 g/mol. The molecule has 2 amide bonds. The van der Waals surface area contributed by atoms with Crippen LogP contribution in [0.5, 0.6) is 11.5 Å². The number of rotatable bonds is 12. The third-order valence-electron chi connectivity index (χ3n) is 6.37. The van der Waals surface area contributed by atoms with Gasteiger partial charge in [0.25, 0.3) is 0 Å². The number of nitrogens with one attached hydrogen (secondary N) is 2. The highest BCUT2D eigenvalue weighted by Crippen LogP contribution is 2.45. The molecule has 8 nitrogen and oxygen atoms in total. The van der Waals surface area contributed by atoms with Crippen LogP contribution in [0.15, 0.2) is 71.7 Å². The second-order valence-electron chi connectivity index (χ2n) is 9.52. The van der Waals surface area contributed by atoms with Gasteiger partial charge in [-0.1, -0.05) is 47.5 Å². The molecule has 1 heterocycles. The fourth-order valence-corrected chi connectivity index (χ4v) is 4.88. The molecule has 3 aromatic carbocycles. The third-order valence-corrected chi connectivity index (χ3v) is 6.88. The van der Waals surface area contributed by atoms with E-state index in [9.17, 15) is 9.59 Å². The molecule has 3 aromatic rings. The van der Waals surface area contributed by atoms with Gasteiger partial charge >= 0.3 is 0 Å². The van der Waals surface area contributed by atoms with Crippen LogP contribution in [0.4, 0.5) is 0 Å². The largest absolute Gasteiger partial charge is 0.497 e. The van der Waals surface area contributed by atoms with Crippen molar-refractivity contribution in [1.29, 1.82) is 0 Å². The van der Waals surface area contributed by atoms with Gasteiger partial charge in [0.15, 0.2) is 0 Å². The minimum atomic E-state index is -0.355. The van der Waals surface area contributed by atoms with Gasteiger partial charge in [-0.2, -0.15) is 0 Å². The molecule has 2 atom stereocenters. The molecule has 0 saturated carbocycles. The Morgan fingerprint density at radius 1 is 1.00 bits per heavy atom. The van der Waals surface area contributed by atoms with Crippen LogP contribution >= 0.6 is 23.2 Å². The van der Waals surface area contributed by atoms with Gasteiger partial charge in [0.05, 0.1) is 31.4 Å². The summed E-state index contributed by atoms with van der Waals surface area (Å²) in [6.07, 6.45) is 0.499. The molecule has 0 radical (unpaired) electrons. The van der Waals surface area contributed by atoms with Crippen LogP contribution < -0.4 is 20.1 Å². The lowest BCUT2D eigenvalue weighted by Gasteiger charge is -2.31. The maximum Gasteiger partial charge on any atom is 0.239 e. The second kappa shape index (κ2) is 13.5. The fraction of sp³-hybridized carbons (Fsp3) is 0.300. The topological polar surface area (TPSA) is 92.3 Å². The molecule has 0 aliphatic carbocycles. The van der Waals surface area contributed by atoms with E-state index in [1.165, 1.54) is 0 Å². The zero-order valence-corrected chi connectivity index (χ0v) is 24.1. The predicted octanol–water partition coefficient (Wildman–Crippen LogP) is 5.20. The molecular formula is C30H32Cl2N4O4. The number of hydrogen-bond acceptors (Lipinski definition) is 6. The van der Waals surface area contributed by atoms with Crippen molar-refractivity contribution in [2.45, 2.75) is 32.0 Å². The zero-order chi connectivity index (χ0) is 28.6. The first-order valence-corrected chi connectivity index (χ1v) is 13.7. The average Bonchev–Trinajstić information content (AvgIpc) is 3.30. The van der Waals surface area contributed by atoms with Gasteiger partial charge in [-0.15, -0.1) is 0 Å². The van der Waals surface area contributed by atoms with Crippen LogP contribution in [0, 0.1) is 0 Å². The van der Waals surface area contributed by atoms with E-state index in [1.807, 2.05) is 85.5 Å². The summed E-state index contributed by atoms with van der Waals surface area (Å²) in [7, 11) is 1.60. The molecule has 10 heteroatoms. The molecule has 40 heavy (non-hydrogen) atoms. The van der Waals surface area contributed by atoms with Crippen molar-refractivity contribution in [3.63, 3.8) is 0 Å². The Hall–Kier alpha value is -3.75. The standard InChI is InChI=1S/C30H32Cl2N4O4/c1-19(2)40-26-16-24(39-3)12-13-25(26)30-35-28(20-4-8-22(31)9-5-20)29(21-6-10-23(32)11-7-21)36(30)17-27(38)34-15-14-33-18-37/h4-13,16,18-19,28-29H,14-15,17H2,1-3H3,(H,33,37)(H,34,38). The summed E-state index contributed by atoms with van der Waals surface area (Å²) in [5.74, 6) is 1.64. The third kappa shape index (κ3) is 7.06. The summed E-state index contributed by atoms with van der Waals surface area (Å²) in [5, 5.41) is 6.67. The maximum absolute atomic E-state index is 13.2. The minimum absolute atomic E-state index is 0.0183. The van der Waals surface area contributed by atoms with Crippen LogP contribution in [0.1, 0.15) is 42.6 Å². The summed E-state index contributed by atoms with van der Waals surface area (Å²) in [6.45, 7) is 4.55. The molecule has 2 N–H and O–H groups in total. The van der Waals surface area contributed by atoms with Crippen LogP contribution in [-0.2, 0) is 9.59 Å². The fourth-order valence-electron chi connectivity index (χ4n) is 4.62.